The van der Waals surface area contributed by atoms with E-state index in [-0.39, 0.29) is 13.2 Å². The highest BCUT2D eigenvalue weighted by molar-refractivity contribution is 6.32. The van der Waals surface area contributed by atoms with Gasteiger partial charge in [0.05, 0.1) is 31.5 Å². The van der Waals surface area contributed by atoms with Crippen molar-refractivity contribution >= 4 is 29.5 Å². The molecule has 9 heteroatoms. The first-order chi connectivity index (χ1) is 14.4. The molecule has 0 aromatic heterocycles. The van der Waals surface area contributed by atoms with Crippen molar-refractivity contribution in [2.75, 3.05) is 39.6 Å². The van der Waals surface area contributed by atoms with Gasteiger partial charge in [0, 0.05) is 18.2 Å². The van der Waals surface area contributed by atoms with Crippen LogP contribution in [0.15, 0.2) is 62.2 Å². The van der Waals surface area contributed by atoms with Crippen LogP contribution in [0.3, 0.4) is 0 Å². The third-order valence-electron chi connectivity index (χ3n) is 2.86. The maximum Gasteiger partial charge on any atom is 0.335 e. The van der Waals surface area contributed by atoms with E-state index in [2.05, 4.69) is 29.2 Å². The van der Waals surface area contributed by atoms with E-state index in [0.717, 1.165) is 18.2 Å². The molecule has 1 aromatic rings. The molecule has 1 aromatic carbocycles. The van der Waals surface area contributed by atoms with Gasteiger partial charge in [-0.3, -0.25) is 0 Å². The van der Waals surface area contributed by atoms with Crippen LogP contribution in [0.5, 0.6) is 5.75 Å². The average Bonchev–Trinajstić information content (AvgIpc) is 2.76. The van der Waals surface area contributed by atoms with Crippen molar-refractivity contribution in [2.45, 2.75) is 0 Å². The maximum absolute atomic E-state index is 10.7. The zero-order valence-electron chi connectivity index (χ0n) is 16.5. The number of carbonyl (C=O) groups is 3. The van der Waals surface area contributed by atoms with Crippen molar-refractivity contribution in [3.63, 3.8) is 0 Å². The highest BCUT2D eigenvalue weighted by atomic mass is 35.5. The molecule has 0 aliphatic heterocycles. The van der Waals surface area contributed by atoms with Gasteiger partial charge in [0.2, 0.25) is 0 Å². The van der Waals surface area contributed by atoms with Gasteiger partial charge in [0.25, 0.3) is 0 Å². The number of ether oxygens (including phenoxy) is 5. The van der Waals surface area contributed by atoms with Crippen molar-refractivity contribution in [1.29, 1.82) is 0 Å². The van der Waals surface area contributed by atoms with Crippen LogP contribution >= 0.6 is 11.6 Å². The zero-order valence-corrected chi connectivity index (χ0v) is 17.3. The van der Waals surface area contributed by atoms with E-state index in [9.17, 15) is 14.4 Å². The minimum atomic E-state index is -0.511. The molecule has 0 radical (unpaired) electrons. The molecule has 0 saturated heterocycles. The average molecular weight is 441 g/mol. The predicted octanol–water partition coefficient (Wildman–Crippen LogP) is 2.91. The van der Waals surface area contributed by atoms with Crippen molar-refractivity contribution in [3.05, 3.63) is 67.3 Å². The summed E-state index contributed by atoms with van der Waals surface area (Å²) < 4.78 is 24.4. The molecule has 0 saturated carbocycles. The number of hydrogen-bond donors (Lipinski definition) is 0. The van der Waals surface area contributed by atoms with Gasteiger partial charge in [-0.2, -0.15) is 0 Å². The monoisotopic (exact) mass is 440 g/mol. The fourth-order valence-corrected chi connectivity index (χ4v) is 1.69. The van der Waals surface area contributed by atoms with Crippen LogP contribution < -0.4 is 4.74 Å². The summed E-state index contributed by atoms with van der Waals surface area (Å²) in [5.74, 6) is -1.11. The van der Waals surface area contributed by atoms with E-state index in [0.29, 0.717) is 37.2 Å². The molecule has 164 valence electrons. The maximum atomic E-state index is 10.7. The Morgan fingerprint density at radius 2 is 1.17 bits per heavy atom. The second-order valence-corrected chi connectivity index (χ2v) is 5.43. The number of benzene rings is 1. The van der Waals surface area contributed by atoms with Crippen LogP contribution in [0.4, 0.5) is 0 Å². The first-order valence-corrected chi connectivity index (χ1v) is 9.15. The van der Waals surface area contributed by atoms with Crippen molar-refractivity contribution in [1.82, 2.24) is 0 Å². The first kappa shape index (κ1) is 27.1. The molecule has 0 aliphatic carbocycles. The second-order valence-electron chi connectivity index (χ2n) is 5.02. The fraction of sp³-hybridized carbons (Fsp3) is 0.286. The first-order valence-electron chi connectivity index (χ1n) is 8.77. The summed E-state index contributed by atoms with van der Waals surface area (Å²) in [7, 11) is 0. The van der Waals surface area contributed by atoms with E-state index in [1.807, 2.05) is 0 Å². The Morgan fingerprint density at radius 3 is 1.60 bits per heavy atom. The molecule has 1 rings (SSSR count). The molecular formula is C21H25ClO8. The van der Waals surface area contributed by atoms with Gasteiger partial charge >= 0.3 is 17.9 Å². The Morgan fingerprint density at radius 1 is 0.733 bits per heavy atom. The summed E-state index contributed by atoms with van der Waals surface area (Å²) in [4.78, 5) is 32.0. The largest absolute Gasteiger partial charge is 0.460 e. The van der Waals surface area contributed by atoms with E-state index in [4.69, 9.17) is 25.8 Å². The Hall–Kier alpha value is -2.94. The lowest BCUT2D eigenvalue weighted by molar-refractivity contribution is -0.141. The lowest BCUT2D eigenvalue weighted by Gasteiger charge is -2.06. The van der Waals surface area contributed by atoms with Crippen molar-refractivity contribution in [2.24, 2.45) is 0 Å². The molecule has 0 unspecified atom stereocenters. The number of esters is 3. The van der Waals surface area contributed by atoms with Crippen LogP contribution in [0, 0.1) is 0 Å². The van der Waals surface area contributed by atoms with Crippen LogP contribution in [-0.2, 0) is 33.3 Å². The van der Waals surface area contributed by atoms with Crippen LogP contribution in [0.25, 0.3) is 0 Å². The molecule has 0 aliphatic rings. The van der Waals surface area contributed by atoms with Gasteiger partial charge in [-0.1, -0.05) is 43.5 Å². The SMILES string of the molecule is C=CC(=O)OCCOCCOCCOC(=O)C=C.C=CC(=O)Oc1ccccc1Cl. The van der Waals surface area contributed by atoms with E-state index in [1.54, 1.807) is 24.3 Å². The Balaban J connectivity index is 0.000000604. The summed E-state index contributed by atoms with van der Waals surface area (Å²) in [5, 5.41) is 0.410. The quantitative estimate of drug-likeness (QED) is 0.200. The Labute approximate surface area is 180 Å². The lowest BCUT2D eigenvalue weighted by atomic mass is 10.3. The summed E-state index contributed by atoms with van der Waals surface area (Å²) in [6.07, 6.45) is 3.27. The molecule has 0 N–H and O–H groups in total. The smallest absolute Gasteiger partial charge is 0.335 e. The van der Waals surface area contributed by atoms with Gasteiger partial charge in [0.15, 0.2) is 0 Å². The van der Waals surface area contributed by atoms with Crippen LogP contribution in [0.2, 0.25) is 5.02 Å². The molecule has 0 spiro atoms. The minimum Gasteiger partial charge on any atom is -0.460 e. The molecule has 0 bridgehead atoms. The van der Waals surface area contributed by atoms with Crippen molar-refractivity contribution < 1.29 is 38.1 Å². The third-order valence-corrected chi connectivity index (χ3v) is 3.18. The van der Waals surface area contributed by atoms with E-state index >= 15 is 0 Å². The van der Waals surface area contributed by atoms with E-state index < -0.39 is 17.9 Å². The van der Waals surface area contributed by atoms with Gasteiger partial charge < -0.3 is 23.7 Å². The van der Waals surface area contributed by atoms with Crippen LogP contribution in [0.1, 0.15) is 0 Å². The number of hydrogen-bond acceptors (Lipinski definition) is 8. The number of para-hydroxylation sites is 1. The summed E-state index contributed by atoms with van der Waals surface area (Å²) in [6, 6.07) is 6.75. The summed E-state index contributed by atoms with van der Waals surface area (Å²) in [6.45, 7) is 11.5. The Kier molecular flexibility index (Phi) is 16.3. The fourth-order valence-electron chi connectivity index (χ4n) is 1.52. The van der Waals surface area contributed by atoms with Gasteiger partial charge in [-0.25, -0.2) is 14.4 Å². The molecule has 0 heterocycles. The molecule has 0 fully saturated rings. The second kappa shape index (κ2) is 18.1. The number of carbonyl (C=O) groups excluding carboxylic acids is 3. The Bertz CT molecular complexity index is 674. The molecular weight excluding hydrogens is 416 g/mol. The zero-order chi connectivity index (χ0) is 22.6. The summed E-state index contributed by atoms with van der Waals surface area (Å²) >= 11 is 5.71. The number of halogens is 1. The molecule has 0 atom stereocenters. The van der Waals surface area contributed by atoms with Crippen molar-refractivity contribution in [3.8, 4) is 5.75 Å². The summed E-state index contributed by atoms with van der Waals surface area (Å²) in [5.41, 5.74) is 0. The highest BCUT2D eigenvalue weighted by Crippen LogP contribution is 2.22. The van der Waals surface area contributed by atoms with Crippen LogP contribution in [-0.4, -0.2) is 57.5 Å². The van der Waals surface area contributed by atoms with Gasteiger partial charge in [-0.15, -0.1) is 0 Å². The lowest BCUT2D eigenvalue weighted by Crippen LogP contribution is -2.13. The normalized spacial score (nSPS) is 9.37. The predicted molar refractivity (Wildman–Crippen MR) is 111 cm³/mol. The van der Waals surface area contributed by atoms with Gasteiger partial charge in [0.1, 0.15) is 19.0 Å². The molecule has 0 amide bonds. The standard InChI is InChI=1S/C12H18O6.C9H7ClO2/c1-3-11(13)17-9-7-15-5-6-16-8-10-18-12(14)4-2;1-2-9(11)12-8-6-4-3-5-7(8)10/h3-4H,1-2,5-10H2;2-6H,1H2. The number of rotatable bonds is 13. The highest BCUT2D eigenvalue weighted by Gasteiger charge is 2.02. The third kappa shape index (κ3) is 15.0. The minimum absolute atomic E-state index is 0.182. The van der Waals surface area contributed by atoms with E-state index in [1.165, 1.54) is 0 Å². The molecule has 8 nitrogen and oxygen atoms in total. The molecule has 30 heavy (non-hydrogen) atoms. The van der Waals surface area contributed by atoms with Gasteiger partial charge in [-0.05, 0) is 12.1 Å². The topological polar surface area (TPSA) is 97.4 Å².